The number of pyridine rings is 1. The Bertz CT molecular complexity index is 1030. The minimum absolute atomic E-state index is 0.157. The van der Waals surface area contributed by atoms with Crippen molar-refractivity contribution in [3.8, 4) is 22.9 Å². The molecule has 0 saturated carbocycles. The van der Waals surface area contributed by atoms with Gasteiger partial charge in [-0.15, -0.1) is 10.2 Å². The lowest BCUT2D eigenvalue weighted by Crippen LogP contribution is -2.03. The first-order chi connectivity index (χ1) is 12.0. The lowest BCUT2D eigenvalue weighted by molar-refractivity contribution is -0.137. The first kappa shape index (κ1) is 15.3. The number of hydrogen-bond donors (Lipinski definition) is 0. The summed E-state index contributed by atoms with van der Waals surface area (Å²) in [4.78, 5) is 4.27. The molecule has 4 nitrogen and oxygen atoms in total. The van der Waals surface area contributed by atoms with Gasteiger partial charge >= 0.3 is 6.18 Å². The molecule has 0 fully saturated rings. The van der Waals surface area contributed by atoms with Gasteiger partial charge in [0.25, 0.3) is 0 Å². The number of aromatic nitrogens is 3. The number of rotatable bonds is 2. The average Bonchev–Trinajstić information content (AvgIpc) is 3.10. The third-order valence-electron chi connectivity index (χ3n) is 3.76. The van der Waals surface area contributed by atoms with Crippen LogP contribution in [0.2, 0.25) is 0 Å². The van der Waals surface area contributed by atoms with E-state index in [2.05, 4.69) is 15.2 Å². The van der Waals surface area contributed by atoms with Crippen LogP contribution in [0.25, 0.3) is 33.8 Å². The van der Waals surface area contributed by atoms with Crippen molar-refractivity contribution in [3.05, 3.63) is 66.4 Å². The van der Waals surface area contributed by atoms with E-state index in [1.54, 1.807) is 12.3 Å². The molecule has 0 spiro atoms. The van der Waals surface area contributed by atoms with E-state index in [4.69, 9.17) is 4.42 Å². The standard InChI is InChI=1S/C18H10F3N3O/c19-18(20,21)12-7-5-11(6-8-12)16-23-24-17(25-16)14-9-10-22-15-4-2-1-3-13(14)15/h1-10H. The SMILES string of the molecule is FC(F)(F)c1ccc(-c2nnc(-c3ccnc4ccccc34)o2)cc1. The number of alkyl halides is 3. The summed E-state index contributed by atoms with van der Waals surface area (Å²) in [7, 11) is 0. The van der Waals surface area contributed by atoms with Crippen LogP contribution in [0.1, 0.15) is 5.56 Å². The second-order valence-corrected chi connectivity index (χ2v) is 5.36. The van der Waals surface area contributed by atoms with Crippen LogP contribution in [-0.4, -0.2) is 15.2 Å². The zero-order valence-corrected chi connectivity index (χ0v) is 12.7. The molecule has 0 aliphatic carbocycles. The van der Waals surface area contributed by atoms with E-state index in [0.717, 1.165) is 28.6 Å². The molecule has 0 N–H and O–H groups in total. The van der Waals surface area contributed by atoms with Crippen LogP contribution >= 0.6 is 0 Å². The van der Waals surface area contributed by atoms with Crippen molar-refractivity contribution >= 4 is 10.9 Å². The van der Waals surface area contributed by atoms with E-state index in [-0.39, 0.29) is 11.8 Å². The summed E-state index contributed by atoms with van der Waals surface area (Å²) >= 11 is 0. The molecule has 0 unspecified atom stereocenters. The predicted molar refractivity (Wildman–Crippen MR) is 85.5 cm³/mol. The molecule has 4 rings (SSSR count). The predicted octanol–water partition coefficient (Wildman–Crippen LogP) is 4.97. The van der Waals surface area contributed by atoms with E-state index in [9.17, 15) is 13.2 Å². The number of nitrogens with zero attached hydrogens (tertiary/aromatic N) is 3. The van der Waals surface area contributed by atoms with Crippen LogP contribution in [0.4, 0.5) is 13.2 Å². The lowest BCUT2D eigenvalue weighted by atomic mass is 10.1. The molecule has 4 aromatic rings. The van der Waals surface area contributed by atoms with Crippen LogP contribution in [0, 0.1) is 0 Å². The first-order valence-corrected chi connectivity index (χ1v) is 7.37. The van der Waals surface area contributed by atoms with Gasteiger partial charge in [-0.25, -0.2) is 0 Å². The Kier molecular flexibility index (Phi) is 3.49. The summed E-state index contributed by atoms with van der Waals surface area (Å²) in [5.41, 5.74) is 1.20. The fourth-order valence-electron chi connectivity index (χ4n) is 2.53. The number of fused-ring (bicyclic) bond motifs is 1. The van der Waals surface area contributed by atoms with Gasteiger partial charge < -0.3 is 4.42 Å². The van der Waals surface area contributed by atoms with Crippen molar-refractivity contribution in [2.45, 2.75) is 6.18 Å². The van der Waals surface area contributed by atoms with Gasteiger partial charge in [0.1, 0.15) is 0 Å². The van der Waals surface area contributed by atoms with Gasteiger partial charge in [0.15, 0.2) is 0 Å². The molecule has 7 heteroatoms. The van der Waals surface area contributed by atoms with Gasteiger partial charge in [-0.2, -0.15) is 13.2 Å². The van der Waals surface area contributed by atoms with Gasteiger partial charge in [-0.3, -0.25) is 4.98 Å². The van der Waals surface area contributed by atoms with E-state index in [0.29, 0.717) is 5.56 Å². The molecule has 0 aliphatic rings. The third-order valence-corrected chi connectivity index (χ3v) is 3.76. The highest BCUT2D eigenvalue weighted by Crippen LogP contribution is 2.32. The maximum absolute atomic E-state index is 12.6. The Morgan fingerprint density at radius 1 is 0.800 bits per heavy atom. The monoisotopic (exact) mass is 341 g/mol. The van der Waals surface area contributed by atoms with E-state index < -0.39 is 11.7 Å². The van der Waals surface area contributed by atoms with Crippen LogP contribution in [-0.2, 0) is 6.18 Å². The largest absolute Gasteiger partial charge is 0.416 e. The number of halogens is 3. The van der Waals surface area contributed by atoms with Gasteiger partial charge in [0.05, 0.1) is 11.1 Å². The number of para-hydroxylation sites is 1. The average molecular weight is 341 g/mol. The Hall–Kier alpha value is -3.22. The van der Waals surface area contributed by atoms with Gasteiger partial charge in [0, 0.05) is 22.7 Å². The molecule has 25 heavy (non-hydrogen) atoms. The first-order valence-electron chi connectivity index (χ1n) is 7.37. The third kappa shape index (κ3) is 2.84. The minimum Gasteiger partial charge on any atom is -0.416 e. The Balaban J connectivity index is 1.73. The smallest absolute Gasteiger partial charge is 0.416 e. The Morgan fingerprint density at radius 3 is 2.28 bits per heavy atom. The maximum atomic E-state index is 12.6. The van der Waals surface area contributed by atoms with Crippen molar-refractivity contribution in [1.82, 2.24) is 15.2 Å². The van der Waals surface area contributed by atoms with E-state index in [1.165, 1.54) is 12.1 Å². The molecule has 124 valence electrons. The molecule has 0 bridgehead atoms. The fourth-order valence-corrected chi connectivity index (χ4v) is 2.53. The highest BCUT2D eigenvalue weighted by Gasteiger charge is 2.30. The Labute approximate surface area is 140 Å². The number of benzene rings is 2. The van der Waals surface area contributed by atoms with Crippen molar-refractivity contribution in [2.24, 2.45) is 0 Å². The summed E-state index contributed by atoms with van der Waals surface area (Å²) in [6.07, 6.45) is -2.74. The summed E-state index contributed by atoms with van der Waals surface area (Å²) in [6.45, 7) is 0. The second kappa shape index (κ2) is 5.70. The van der Waals surface area contributed by atoms with E-state index in [1.807, 2.05) is 24.3 Å². The van der Waals surface area contributed by atoms with E-state index >= 15 is 0 Å². The van der Waals surface area contributed by atoms with Crippen molar-refractivity contribution in [1.29, 1.82) is 0 Å². The summed E-state index contributed by atoms with van der Waals surface area (Å²) < 4.78 is 43.6. The summed E-state index contributed by atoms with van der Waals surface area (Å²) in [5.74, 6) is 0.443. The molecule has 2 aromatic heterocycles. The van der Waals surface area contributed by atoms with Crippen LogP contribution < -0.4 is 0 Å². The normalized spacial score (nSPS) is 11.8. The molecule has 0 aliphatic heterocycles. The molecule has 0 atom stereocenters. The van der Waals surface area contributed by atoms with Crippen molar-refractivity contribution in [2.75, 3.05) is 0 Å². The molecular formula is C18H10F3N3O. The number of hydrogen-bond acceptors (Lipinski definition) is 4. The van der Waals surface area contributed by atoms with Gasteiger partial charge in [-0.1, -0.05) is 18.2 Å². The van der Waals surface area contributed by atoms with Crippen LogP contribution in [0.3, 0.4) is 0 Å². The van der Waals surface area contributed by atoms with Gasteiger partial charge in [-0.05, 0) is 36.4 Å². The maximum Gasteiger partial charge on any atom is 0.416 e. The Morgan fingerprint density at radius 2 is 1.52 bits per heavy atom. The fraction of sp³-hybridized carbons (Fsp3) is 0.0556. The zero-order valence-electron chi connectivity index (χ0n) is 12.7. The highest BCUT2D eigenvalue weighted by atomic mass is 19.4. The molecule has 2 aromatic carbocycles. The van der Waals surface area contributed by atoms with Crippen molar-refractivity contribution in [3.63, 3.8) is 0 Å². The lowest BCUT2D eigenvalue weighted by Gasteiger charge is -2.05. The van der Waals surface area contributed by atoms with Crippen molar-refractivity contribution < 1.29 is 17.6 Å². The zero-order chi connectivity index (χ0) is 17.4. The quantitative estimate of drug-likeness (QED) is 0.516. The summed E-state index contributed by atoms with van der Waals surface area (Å²) in [6, 6.07) is 13.9. The molecule has 0 radical (unpaired) electrons. The van der Waals surface area contributed by atoms with Crippen LogP contribution in [0.5, 0.6) is 0 Å². The molecule has 0 saturated heterocycles. The molecular weight excluding hydrogens is 331 g/mol. The highest BCUT2D eigenvalue weighted by molar-refractivity contribution is 5.92. The molecule has 0 amide bonds. The summed E-state index contributed by atoms with van der Waals surface area (Å²) in [5, 5.41) is 8.81. The topological polar surface area (TPSA) is 51.8 Å². The second-order valence-electron chi connectivity index (χ2n) is 5.36. The van der Waals surface area contributed by atoms with Crippen LogP contribution in [0.15, 0.2) is 65.2 Å². The molecule has 2 heterocycles. The van der Waals surface area contributed by atoms with Gasteiger partial charge in [0.2, 0.25) is 11.8 Å². The minimum atomic E-state index is -4.38.